The predicted octanol–water partition coefficient (Wildman–Crippen LogP) is 4.33. The van der Waals surface area contributed by atoms with Gasteiger partial charge in [-0.2, -0.15) is 8.78 Å². The molecule has 3 heterocycles. The summed E-state index contributed by atoms with van der Waals surface area (Å²) in [6.45, 7) is 1.21. The SMILES string of the molecule is O=c1n(Cc2ccc(-c3nnc(C(F)F)o3)cc2F)c2ccccc2n1C1CCOCC1. The van der Waals surface area contributed by atoms with E-state index in [2.05, 4.69) is 10.2 Å². The van der Waals surface area contributed by atoms with Gasteiger partial charge in [0.15, 0.2) is 0 Å². The molecule has 0 bridgehead atoms. The summed E-state index contributed by atoms with van der Waals surface area (Å²) in [7, 11) is 0. The van der Waals surface area contributed by atoms with Crippen LogP contribution in [0.25, 0.3) is 22.5 Å². The number of hydrogen-bond donors (Lipinski definition) is 0. The zero-order chi connectivity index (χ0) is 22.2. The number of halogens is 3. The Morgan fingerprint density at radius 3 is 2.50 bits per heavy atom. The largest absolute Gasteiger partial charge is 0.415 e. The molecule has 1 aliphatic rings. The molecule has 0 amide bonds. The molecule has 0 unspecified atom stereocenters. The van der Waals surface area contributed by atoms with Crippen LogP contribution < -0.4 is 5.69 Å². The van der Waals surface area contributed by atoms with Crippen LogP contribution in [-0.4, -0.2) is 32.5 Å². The standard InChI is InChI=1S/C22H19F3N4O3/c23-16-11-13(20-26-27-21(32-20)19(24)25)5-6-14(16)12-28-17-3-1-2-4-18(17)29(22(28)30)15-7-9-31-10-8-15/h1-6,11,15,19H,7-10,12H2. The van der Waals surface area contributed by atoms with Gasteiger partial charge in [-0.05, 0) is 37.1 Å². The molecule has 5 rings (SSSR count). The van der Waals surface area contributed by atoms with Gasteiger partial charge < -0.3 is 9.15 Å². The first-order valence-electron chi connectivity index (χ1n) is 10.2. The number of para-hydroxylation sites is 2. The Morgan fingerprint density at radius 2 is 1.81 bits per heavy atom. The summed E-state index contributed by atoms with van der Waals surface area (Å²) in [6.07, 6.45) is -1.43. The van der Waals surface area contributed by atoms with Gasteiger partial charge >= 0.3 is 12.1 Å². The van der Waals surface area contributed by atoms with Crippen LogP contribution in [0.3, 0.4) is 0 Å². The van der Waals surface area contributed by atoms with Crippen LogP contribution >= 0.6 is 0 Å². The van der Waals surface area contributed by atoms with Crippen molar-refractivity contribution in [1.29, 1.82) is 0 Å². The average molecular weight is 444 g/mol. The molecule has 7 nitrogen and oxygen atoms in total. The third-order valence-electron chi connectivity index (χ3n) is 5.68. The van der Waals surface area contributed by atoms with E-state index in [9.17, 15) is 18.0 Å². The first-order chi connectivity index (χ1) is 15.5. The Morgan fingerprint density at radius 1 is 1.06 bits per heavy atom. The lowest BCUT2D eigenvalue weighted by atomic mass is 10.1. The van der Waals surface area contributed by atoms with E-state index >= 15 is 0 Å². The number of alkyl halides is 2. The second-order valence-electron chi connectivity index (χ2n) is 7.62. The number of fused-ring (bicyclic) bond motifs is 1. The van der Waals surface area contributed by atoms with Gasteiger partial charge in [-0.3, -0.25) is 9.13 Å². The molecule has 1 saturated heterocycles. The normalized spacial score (nSPS) is 15.1. The van der Waals surface area contributed by atoms with Gasteiger partial charge in [-0.15, -0.1) is 10.2 Å². The minimum absolute atomic E-state index is 0.0216. The Bertz CT molecular complexity index is 1320. The fourth-order valence-electron chi connectivity index (χ4n) is 4.10. The highest BCUT2D eigenvalue weighted by Gasteiger charge is 2.23. The molecule has 0 atom stereocenters. The number of ether oxygens (including phenoxy) is 1. The van der Waals surface area contributed by atoms with Crippen LogP contribution in [0, 0.1) is 5.82 Å². The molecule has 10 heteroatoms. The second kappa shape index (κ2) is 8.27. The van der Waals surface area contributed by atoms with Crippen molar-refractivity contribution in [3.63, 3.8) is 0 Å². The summed E-state index contributed by atoms with van der Waals surface area (Å²) < 4.78 is 53.9. The van der Waals surface area contributed by atoms with Gasteiger partial charge in [0.1, 0.15) is 5.82 Å². The van der Waals surface area contributed by atoms with Crippen LogP contribution in [0.4, 0.5) is 13.2 Å². The molecule has 32 heavy (non-hydrogen) atoms. The molecule has 0 saturated carbocycles. The van der Waals surface area contributed by atoms with E-state index in [-0.39, 0.29) is 35.3 Å². The van der Waals surface area contributed by atoms with Crippen molar-refractivity contribution in [2.45, 2.75) is 31.9 Å². The number of nitrogens with zero attached hydrogens (tertiary/aromatic N) is 4. The summed E-state index contributed by atoms with van der Waals surface area (Å²) in [5.74, 6) is -1.62. The highest BCUT2D eigenvalue weighted by atomic mass is 19.3. The van der Waals surface area contributed by atoms with Crippen molar-refractivity contribution in [2.75, 3.05) is 13.2 Å². The third kappa shape index (κ3) is 3.60. The molecular formula is C22H19F3N4O3. The van der Waals surface area contributed by atoms with E-state index in [1.54, 1.807) is 9.13 Å². The quantitative estimate of drug-likeness (QED) is 0.458. The van der Waals surface area contributed by atoms with Crippen molar-refractivity contribution in [3.8, 4) is 11.5 Å². The summed E-state index contributed by atoms with van der Waals surface area (Å²) in [5.41, 5.74) is 1.76. The van der Waals surface area contributed by atoms with E-state index < -0.39 is 18.1 Å². The fraction of sp³-hybridized carbons (Fsp3) is 0.318. The molecular weight excluding hydrogens is 425 g/mol. The average Bonchev–Trinajstić information content (AvgIpc) is 3.40. The second-order valence-corrected chi connectivity index (χ2v) is 7.62. The molecule has 2 aromatic carbocycles. The molecule has 0 spiro atoms. The maximum atomic E-state index is 14.9. The first-order valence-corrected chi connectivity index (χ1v) is 10.2. The molecule has 4 aromatic rings. The summed E-state index contributed by atoms with van der Waals surface area (Å²) in [5, 5.41) is 6.80. The van der Waals surface area contributed by atoms with Crippen molar-refractivity contribution < 1.29 is 22.3 Å². The maximum Gasteiger partial charge on any atom is 0.329 e. The van der Waals surface area contributed by atoms with Gasteiger partial charge in [-0.25, -0.2) is 9.18 Å². The van der Waals surface area contributed by atoms with E-state index in [0.29, 0.717) is 18.7 Å². The molecule has 0 radical (unpaired) electrons. The Balaban J connectivity index is 1.50. The van der Waals surface area contributed by atoms with Crippen LogP contribution in [0.1, 0.15) is 36.8 Å². The molecule has 0 aliphatic carbocycles. The van der Waals surface area contributed by atoms with E-state index in [4.69, 9.17) is 9.15 Å². The zero-order valence-electron chi connectivity index (χ0n) is 16.9. The smallest absolute Gasteiger partial charge is 0.329 e. The topological polar surface area (TPSA) is 75.1 Å². The molecule has 0 N–H and O–H groups in total. The highest BCUT2D eigenvalue weighted by molar-refractivity contribution is 5.76. The molecule has 1 aliphatic heterocycles. The summed E-state index contributed by atoms with van der Waals surface area (Å²) in [6, 6.07) is 11.6. The van der Waals surface area contributed by atoms with Crippen LogP contribution in [-0.2, 0) is 11.3 Å². The van der Waals surface area contributed by atoms with Crippen LogP contribution in [0.2, 0.25) is 0 Å². The van der Waals surface area contributed by atoms with Gasteiger partial charge in [0.25, 0.3) is 5.89 Å². The van der Waals surface area contributed by atoms with Crippen LogP contribution in [0.5, 0.6) is 0 Å². The van der Waals surface area contributed by atoms with Crippen LogP contribution in [0.15, 0.2) is 51.7 Å². The lowest BCUT2D eigenvalue weighted by Crippen LogP contribution is -2.31. The number of benzene rings is 2. The predicted molar refractivity (Wildman–Crippen MR) is 109 cm³/mol. The monoisotopic (exact) mass is 444 g/mol. The molecule has 2 aromatic heterocycles. The Hall–Kier alpha value is -3.40. The fourth-order valence-corrected chi connectivity index (χ4v) is 4.10. The van der Waals surface area contributed by atoms with Gasteiger partial charge in [0.05, 0.1) is 17.6 Å². The van der Waals surface area contributed by atoms with Crippen molar-refractivity contribution in [2.24, 2.45) is 0 Å². The van der Waals surface area contributed by atoms with Gasteiger partial charge in [0, 0.05) is 30.4 Å². The zero-order valence-corrected chi connectivity index (χ0v) is 16.9. The summed E-state index contributed by atoms with van der Waals surface area (Å²) in [4.78, 5) is 13.3. The first kappa shape index (κ1) is 20.5. The van der Waals surface area contributed by atoms with Crippen molar-refractivity contribution in [1.82, 2.24) is 19.3 Å². The maximum absolute atomic E-state index is 14.9. The minimum atomic E-state index is -2.90. The Kier molecular flexibility index (Phi) is 5.30. The molecule has 1 fully saturated rings. The Labute approximate surface area is 180 Å². The van der Waals surface area contributed by atoms with Crippen molar-refractivity contribution in [3.05, 3.63) is 70.2 Å². The number of imidazole rings is 1. The highest BCUT2D eigenvalue weighted by Crippen LogP contribution is 2.27. The van der Waals surface area contributed by atoms with Gasteiger partial charge in [0.2, 0.25) is 5.89 Å². The van der Waals surface area contributed by atoms with E-state index in [0.717, 1.165) is 24.4 Å². The number of rotatable bonds is 5. The van der Waals surface area contributed by atoms with Gasteiger partial charge in [-0.1, -0.05) is 18.2 Å². The minimum Gasteiger partial charge on any atom is -0.415 e. The lowest BCUT2D eigenvalue weighted by Gasteiger charge is -2.23. The third-order valence-corrected chi connectivity index (χ3v) is 5.68. The number of hydrogen-bond acceptors (Lipinski definition) is 5. The summed E-state index contributed by atoms with van der Waals surface area (Å²) >= 11 is 0. The van der Waals surface area contributed by atoms with E-state index in [1.807, 2.05) is 24.3 Å². The van der Waals surface area contributed by atoms with E-state index in [1.165, 1.54) is 12.1 Å². The van der Waals surface area contributed by atoms with Crippen molar-refractivity contribution >= 4 is 11.0 Å². The molecule has 166 valence electrons. The number of aromatic nitrogens is 4. The lowest BCUT2D eigenvalue weighted by molar-refractivity contribution is 0.0696.